The number of methoxy groups -OCH3 is 1. The molecule has 0 aromatic heterocycles. The van der Waals surface area contributed by atoms with Gasteiger partial charge in [0.2, 0.25) is 0 Å². The third-order valence-electron chi connectivity index (χ3n) is 2.64. The molecule has 0 radical (unpaired) electrons. The quantitative estimate of drug-likeness (QED) is 0.832. The molecular weight excluding hydrogens is 220 g/mol. The molecule has 2 N–H and O–H groups in total. The van der Waals surface area contributed by atoms with Crippen molar-refractivity contribution in [2.45, 2.75) is 11.0 Å². The van der Waals surface area contributed by atoms with Crippen LogP contribution in [-0.2, 0) is 5.75 Å². The van der Waals surface area contributed by atoms with Gasteiger partial charge in [0, 0.05) is 30.8 Å². The van der Waals surface area contributed by atoms with Crippen molar-refractivity contribution in [2.75, 3.05) is 26.9 Å². The van der Waals surface area contributed by atoms with E-state index in [0.717, 1.165) is 31.3 Å². The largest absolute Gasteiger partial charge is 0.497 e. The highest BCUT2D eigenvalue weighted by Gasteiger charge is 2.12. The Labute approximate surface area is 101 Å². The van der Waals surface area contributed by atoms with Crippen molar-refractivity contribution < 1.29 is 4.74 Å². The number of thioether (sulfide) groups is 1. The molecule has 3 nitrogen and oxygen atoms in total. The lowest BCUT2D eigenvalue weighted by Gasteiger charge is -2.23. The predicted molar refractivity (Wildman–Crippen MR) is 68.9 cm³/mol. The van der Waals surface area contributed by atoms with E-state index in [2.05, 4.69) is 22.8 Å². The zero-order valence-electron chi connectivity index (χ0n) is 9.53. The Bertz CT molecular complexity index is 309. The second kappa shape index (κ2) is 6.13. The maximum atomic E-state index is 5.14. The van der Waals surface area contributed by atoms with Crippen molar-refractivity contribution in [3.63, 3.8) is 0 Å². The molecule has 0 amide bonds. The molecule has 1 saturated heterocycles. The fraction of sp³-hybridized carbons (Fsp3) is 0.500. The monoisotopic (exact) mass is 238 g/mol. The van der Waals surface area contributed by atoms with E-state index < -0.39 is 0 Å². The summed E-state index contributed by atoms with van der Waals surface area (Å²) in [7, 11) is 1.70. The smallest absolute Gasteiger partial charge is 0.118 e. The van der Waals surface area contributed by atoms with Gasteiger partial charge in [0.25, 0.3) is 0 Å². The fourth-order valence-corrected chi connectivity index (χ4v) is 2.77. The molecule has 1 aromatic carbocycles. The van der Waals surface area contributed by atoms with Crippen LogP contribution in [-0.4, -0.2) is 32.1 Å². The lowest BCUT2D eigenvalue weighted by Crippen LogP contribution is -2.45. The van der Waals surface area contributed by atoms with Crippen molar-refractivity contribution in [3.05, 3.63) is 29.8 Å². The van der Waals surface area contributed by atoms with E-state index in [1.165, 1.54) is 5.56 Å². The van der Waals surface area contributed by atoms with Crippen LogP contribution in [0.15, 0.2) is 24.3 Å². The maximum absolute atomic E-state index is 5.14. The number of hydrogen-bond donors (Lipinski definition) is 2. The lowest BCUT2D eigenvalue weighted by molar-refractivity contribution is 0.414. The molecule has 0 bridgehead atoms. The molecule has 0 spiro atoms. The average Bonchev–Trinajstić information content (AvgIpc) is 2.38. The van der Waals surface area contributed by atoms with Gasteiger partial charge in [0.05, 0.1) is 7.11 Å². The second-order valence-electron chi connectivity index (χ2n) is 3.87. The van der Waals surface area contributed by atoms with Gasteiger partial charge in [-0.15, -0.1) is 0 Å². The van der Waals surface area contributed by atoms with Crippen LogP contribution in [0.5, 0.6) is 5.75 Å². The summed E-state index contributed by atoms with van der Waals surface area (Å²) >= 11 is 2.00. The van der Waals surface area contributed by atoms with Crippen LogP contribution in [0, 0.1) is 0 Å². The molecule has 0 saturated carbocycles. The molecule has 1 aliphatic rings. The SMILES string of the molecule is COc1ccc(CSC2CNCNC2)cc1. The van der Waals surface area contributed by atoms with Gasteiger partial charge in [-0.1, -0.05) is 12.1 Å². The first-order valence-corrected chi connectivity index (χ1v) is 6.59. The van der Waals surface area contributed by atoms with Gasteiger partial charge in [-0.3, -0.25) is 0 Å². The number of nitrogens with one attached hydrogen (secondary N) is 2. The van der Waals surface area contributed by atoms with Crippen LogP contribution in [0.2, 0.25) is 0 Å². The Hall–Kier alpha value is -0.710. The third-order valence-corrected chi connectivity index (χ3v) is 3.94. The van der Waals surface area contributed by atoms with Crippen molar-refractivity contribution in [2.24, 2.45) is 0 Å². The number of hydrogen-bond acceptors (Lipinski definition) is 4. The summed E-state index contributed by atoms with van der Waals surface area (Å²) in [5.74, 6) is 1.99. The van der Waals surface area contributed by atoms with Crippen LogP contribution in [0.25, 0.3) is 0 Å². The van der Waals surface area contributed by atoms with E-state index in [0.29, 0.717) is 5.25 Å². The number of benzene rings is 1. The minimum absolute atomic E-state index is 0.677. The Balaban J connectivity index is 1.79. The predicted octanol–water partition coefficient (Wildman–Crippen LogP) is 1.45. The van der Waals surface area contributed by atoms with E-state index in [1.54, 1.807) is 7.11 Å². The zero-order valence-corrected chi connectivity index (χ0v) is 10.3. The van der Waals surface area contributed by atoms with Gasteiger partial charge < -0.3 is 15.4 Å². The van der Waals surface area contributed by atoms with Crippen molar-refractivity contribution >= 4 is 11.8 Å². The highest BCUT2D eigenvalue weighted by molar-refractivity contribution is 7.99. The van der Waals surface area contributed by atoms with Crippen LogP contribution < -0.4 is 15.4 Å². The summed E-state index contributed by atoms with van der Waals surface area (Å²) in [6.07, 6.45) is 0. The van der Waals surface area contributed by atoms with Crippen LogP contribution >= 0.6 is 11.8 Å². The molecule has 1 aliphatic heterocycles. The summed E-state index contributed by atoms with van der Waals surface area (Å²) < 4.78 is 5.14. The molecule has 88 valence electrons. The maximum Gasteiger partial charge on any atom is 0.118 e. The van der Waals surface area contributed by atoms with Crippen LogP contribution in [0.1, 0.15) is 5.56 Å². The fourth-order valence-electron chi connectivity index (χ4n) is 1.68. The third kappa shape index (κ3) is 3.40. The Kier molecular flexibility index (Phi) is 4.51. The summed E-state index contributed by atoms with van der Waals surface area (Å²) in [6, 6.07) is 8.31. The molecule has 0 unspecified atom stereocenters. The van der Waals surface area contributed by atoms with E-state index in [4.69, 9.17) is 4.74 Å². The van der Waals surface area contributed by atoms with Crippen LogP contribution in [0.3, 0.4) is 0 Å². The van der Waals surface area contributed by atoms with Crippen LogP contribution in [0.4, 0.5) is 0 Å². The second-order valence-corrected chi connectivity index (χ2v) is 5.15. The Morgan fingerprint density at radius 1 is 1.25 bits per heavy atom. The molecule has 1 heterocycles. The van der Waals surface area contributed by atoms with Gasteiger partial charge in [-0.05, 0) is 17.7 Å². The van der Waals surface area contributed by atoms with Crippen molar-refractivity contribution in [1.29, 1.82) is 0 Å². The standard InChI is InChI=1S/C12H18N2OS/c1-15-11-4-2-10(3-5-11)8-16-12-6-13-9-14-7-12/h2-5,12-14H,6-9H2,1H3. The molecule has 16 heavy (non-hydrogen) atoms. The molecule has 0 atom stereocenters. The minimum Gasteiger partial charge on any atom is -0.497 e. The molecular formula is C12H18N2OS. The first-order chi connectivity index (χ1) is 7.88. The van der Waals surface area contributed by atoms with E-state index >= 15 is 0 Å². The normalized spacial score (nSPS) is 17.3. The van der Waals surface area contributed by atoms with E-state index in [1.807, 2.05) is 23.9 Å². The highest BCUT2D eigenvalue weighted by atomic mass is 32.2. The molecule has 1 aromatic rings. The van der Waals surface area contributed by atoms with Gasteiger partial charge in [-0.2, -0.15) is 11.8 Å². The summed E-state index contributed by atoms with van der Waals surface area (Å²) in [4.78, 5) is 0. The molecule has 2 rings (SSSR count). The van der Waals surface area contributed by atoms with Crippen molar-refractivity contribution in [3.8, 4) is 5.75 Å². The summed E-state index contributed by atoms with van der Waals surface area (Å²) in [5, 5.41) is 7.35. The number of ether oxygens (including phenoxy) is 1. The Morgan fingerprint density at radius 3 is 2.56 bits per heavy atom. The van der Waals surface area contributed by atoms with Gasteiger partial charge in [0.15, 0.2) is 0 Å². The topological polar surface area (TPSA) is 33.3 Å². The van der Waals surface area contributed by atoms with E-state index in [-0.39, 0.29) is 0 Å². The Morgan fingerprint density at radius 2 is 1.94 bits per heavy atom. The number of rotatable bonds is 4. The van der Waals surface area contributed by atoms with Gasteiger partial charge in [0.1, 0.15) is 5.75 Å². The van der Waals surface area contributed by atoms with Gasteiger partial charge in [-0.25, -0.2) is 0 Å². The summed E-state index contributed by atoms with van der Waals surface area (Å²) in [5.41, 5.74) is 1.36. The zero-order chi connectivity index (χ0) is 11.2. The van der Waals surface area contributed by atoms with E-state index in [9.17, 15) is 0 Å². The highest BCUT2D eigenvalue weighted by Crippen LogP contribution is 2.20. The van der Waals surface area contributed by atoms with Crippen molar-refractivity contribution in [1.82, 2.24) is 10.6 Å². The molecule has 4 heteroatoms. The average molecular weight is 238 g/mol. The first-order valence-electron chi connectivity index (χ1n) is 5.54. The minimum atomic E-state index is 0.677. The molecule has 0 aliphatic carbocycles. The molecule has 1 fully saturated rings. The van der Waals surface area contributed by atoms with Gasteiger partial charge >= 0.3 is 0 Å². The first kappa shape index (κ1) is 11.8. The lowest BCUT2D eigenvalue weighted by atomic mass is 10.2. The summed E-state index contributed by atoms with van der Waals surface area (Å²) in [6.45, 7) is 3.15.